The molecule has 1 aliphatic heterocycles. The highest BCUT2D eigenvalue weighted by molar-refractivity contribution is 5.20. The van der Waals surface area contributed by atoms with Crippen molar-refractivity contribution >= 4 is 0 Å². The molecule has 0 aromatic carbocycles. The fraction of sp³-hybridized carbons (Fsp3) is 0.444. The highest BCUT2D eigenvalue weighted by Crippen LogP contribution is 2.26. The third-order valence-electron chi connectivity index (χ3n) is 2.33. The second-order valence-corrected chi connectivity index (χ2v) is 3.20. The van der Waals surface area contributed by atoms with Gasteiger partial charge in [0.25, 0.3) is 0 Å². The Morgan fingerprint density at radius 3 is 3.08 bits per heavy atom. The van der Waals surface area contributed by atoms with Crippen LogP contribution in [0, 0.1) is 0 Å². The highest BCUT2D eigenvalue weighted by Gasteiger charge is 2.32. The smallest absolute Gasteiger partial charge is 0.105 e. The van der Waals surface area contributed by atoms with Gasteiger partial charge in [0, 0.05) is 24.5 Å². The van der Waals surface area contributed by atoms with Gasteiger partial charge in [0.15, 0.2) is 0 Å². The number of hydrogen-bond donors (Lipinski definition) is 2. The minimum absolute atomic E-state index is 0.638. The maximum absolute atomic E-state index is 10.1. The maximum Gasteiger partial charge on any atom is 0.105 e. The predicted octanol–water partition coefficient (Wildman–Crippen LogP) is 0.263. The Labute approximate surface area is 71.4 Å². The van der Waals surface area contributed by atoms with Crippen molar-refractivity contribution < 1.29 is 5.11 Å². The fourth-order valence-corrected chi connectivity index (χ4v) is 1.56. The molecule has 0 bridgehead atoms. The highest BCUT2D eigenvalue weighted by atomic mass is 16.3. The van der Waals surface area contributed by atoms with Crippen LogP contribution >= 0.6 is 0 Å². The molecule has 1 fully saturated rings. The Bertz CT molecular complexity index is 254. The molecule has 2 rings (SSSR count). The summed E-state index contributed by atoms with van der Waals surface area (Å²) < 4.78 is 0. The molecule has 0 saturated carbocycles. The second-order valence-electron chi connectivity index (χ2n) is 3.20. The Morgan fingerprint density at radius 2 is 2.50 bits per heavy atom. The van der Waals surface area contributed by atoms with Gasteiger partial charge in [0.05, 0.1) is 0 Å². The van der Waals surface area contributed by atoms with Crippen LogP contribution in [0.5, 0.6) is 0 Å². The molecule has 64 valence electrons. The summed E-state index contributed by atoms with van der Waals surface area (Å²) in [4.78, 5) is 3.99. The first-order valence-corrected chi connectivity index (χ1v) is 4.15. The molecule has 1 aromatic rings. The number of rotatable bonds is 1. The van der Waals surface area contributed by atoms with Crippen molar-refractivity contribution in [3.63, 3.8) is 0 Å². The van der Waals surface area contributed by atoms with Crippen LogP contribution in [0.25, 0.3) is 0 Å². The summed E-state index contributed by atoms with van der Waals surface area (Å²) >= 11 is 0. The van der Waals surface area contributed by atoms with E-state index in [0.717, 1.165) is 18.5 Å². The summed E-state index contributed by atoms with van der Waals surface area (Å²) in [5.74, 6) is 0. The summed E-state index contributed by atoms with van der Waals surface area (Å²) in [6.45, 7) is 1.52. The SMILES string of the molecule is OC1(c2cccnc2)CCNC1. The molecule has 2 heterocycles. The molecule has 1 aromatic heterocycles. The van der Waals surface area contributed by atoms with Crippen LogP contribution in [0.2, 0.25) is 0 Å². The van der Waals surface area contributed by atoms with E-state index in [2.05, 4.69) is 10.3 Å². The normalized spacial score (nSPS) is 29.1. The quantitative estimate of drug-likeness (QED) is 0.626. The number of nitrogens with one attached hydrogen (secondary N) is 1. The lowest BCUT2D eigenvalue weighted by Crippen LogP contribution is -2.28. The minimum Gasteiger partial charge on any atom is -0.384 e. The van der Waals surface area contributed by atoms with Gasteiger partial charge in [-0.2, -0.15) is 0 Å². The topological polar surface area (TPSA) is 45.2 Å². The van der Waals surface area contributed by atoms with Crippen LogP contribution in [0.3, 0.4) is 0 Å². The van der Waals surface area contributed by atoms with E-state index >= 15 is 0 Å². The van der Waals surface area contributed by atoms with E-state index in [0.29, 0.717) is 6.54 Å². The number of hydrogen-bond acceptors (Lipinski definition) is 3. The Kier molecular flexibility index (Phi) is 1.83. The molecule has 1 aliphatic rings. The van der Waals surface area contributed by atoms with Crippen LogP contribution in [0.15, 0.2) is 24.5 Å². The van der Waals surface area contributed by atoms with Crippen molar-refractivity contribution in [1.82, 2.24) is 10.3 Å². The Balaban J connectivity index is 2.29. The van der Waals surface area contributed by atoms with Gasteiger partial charge >= 0.3 is 0 Å². The summed E-state index contributed by atoms with van der Waals surface area (Å²) in [6.07, 6.45) is 4.22. The van der Waals surface area contributed by atoms with Gasteiger partial charge in [-0.25, -0.2) is 0 Å². The van der Waals surface area contributed by atoms with E-state index in [1.807, 2.05) is 12.1 Å². The number of β-amino-alcohol motifs (C(OH)–C–C–N with tert-alkyl or cyclic N) is 1. The summed E-state index contributed by atoms with van der Waals surface area (Å²) in [5, 5.41) is 13.2. The van der Waals surface area contributed by atoms with Gasteiger partial charge < -0.3 is 10.4 Å². The lowest BCUT2D eigenvalue weighted by molar-refractivity contribution is 0.0584. The lowest BCUT2D eigenvalue weighted by Gasteiger charge is -2.20. The summed E-state index contributed by atoms with van der Waals surface area (Å²) in [7, 11) is 0. The van der Waals surface area contributed by atoms with Crippen molar-refractivity contribution in [1.29, 1.82) is 0 Å². The van der Waals surface area contributed by atoms with Crippen LogP contribution in [-0.4, -0.2) is 23.2 Å². The third kappa shape index (κ3) is 1.21. The fourth-order valence-electron chi connectivity index (χ4n) is 1.56. The zero-order valence-corrected chi connectivity index (χ0v) is 6.83. The summed E-state index contributed by atoms with van der Waals surface area (Å²) in [6, 6.07) is 3.77. The third-order valence-corrected chi connectivity index (χ3v) is 2.33. The average molecular weight is 164 g/mol. The van der Waals surface area contributed by atoms with Crippen molar-refractivity contribution in [3.05, 3.63) is 30.1 Å². The van der Waals surface area contributed by atoms with Gasteiger partial charge in [0.1, 0.15) is 5.60 Å². The first-order chi connectivity index (χ1) is 5.81. The molecule has 12 heavy (non-hydrogen) atoms. The molecule has 0 radical (unpaired) electrons. The Hall–Kier alpha value is -0.930. The molecule has 0 spiro atoms. The minimum atomic E-state index is -0.686. The van der Waals surface area contributed by atoms with Gasteiger partial charge in [-0.15, -0.1) is 0 Å². The molecule has 3 nitrogen and oxygen atoms in total. The van der Waals surface area contributed by atoms with E-state index in [1.165, 1.54) is 0 Å². The largest absolute Gasteiger partial charge is 0.384 e. The van der Waals surface area contributed by atoms with Crippen molar-refractivity contribution in [2.45, 2.75) is 12.0 Å². The van der Waals surface area contributed by atoms with E-state index in [-0.39, 0.29) is 0 Å². The van der Waals surface area contributed by atoms with Crippen LogP contribution in [-0.2, 0) is 5.60 Å². The van der Waals surface area contributed by atoms with Gasteiger partial charge in [-0.3, -0.25) is 4.98 Å². The molecule has 1 saturated heterocycles. The van der Waals surface area contributed by atoms with Crippen LogP contribution in [0.1, 0.15) is 12.0 Å². The van der Waals surface area contributed by atoms with Gasteiger partial charge in [-0.05, 0) is 19.0 Å². The zero-order valence-electron chi connectivity index (χ0n) is 6.83. The van der Waals surface area contributed by atoms with Crippen molar-refractivity contribution in [2.24, 2.45) is 0 Å². The first-order valence-electron chi connectivity index (χ1n) is 4.15. The number of aromatic nitrogens is 1. The van der Waals surface area contributed by atoms with E-state index in [1.54, 1.807) is 12.4 Å². The summed E-state index contributed by atoms with van der Waals surface area (Å²) in [5.41, 5.74) is 0.226. The van der Waals surface area contributed by atoms with Gasteiger partial charge in [0.2, 0.25) is 0 Å². The molecular formula is C9H12N2O. The van der Waals surface area contributed by atoms with E-state index < -0.39 is 5.60 Å². The molecule has 3 heteroatoms. The second kappa shape index (κ2) is 2.84. The average Bonchev–Trinajstić information content (AvgIpc) is 2.55. The monoisotopic (exact) mass is 164 g/mol. The number of nitrogens with zero attached hydrogens (tertiary/aromatic N) is 1. The van der Waals surface area contributed by atoms with E-state index in [4.69, 9.17) is 0 Å². The van der Waals surface area contributed by atoms with Crippen LogP contribution in [0.4, 0.5) is 0 Å². The van der Waals surface area contributed by atoms with Crippen molar-refractivity contribution in [2.75, 3.05) is 13.1 Å². The Morgan fingerprint density at radius 1 is 1.58 bits per heavy atom. The first kappa shape index (κ1) is 7.71. The van der Waals surface area contributed by atoms with Crippen molar-refractivity contribution in [3.8, 4) is 0 Å². The molecular weight excluding hydrogens is 152 g/mol. The molecule has 1 unspecified atom stereocenters. The standard InChI is InChI=1S/C9H12N2O/c12-9(3-5-11-7-9)8-2-1-4-10-6-8/h1-2,4,6,11-12H,3,5,7H2. The molecule has 0 aliphatic carbocycles. The maximum atomic E-state index is 10.1. The lowest BCUT2D eigenvalue weighted by atomic mass is 9.95. The predicted molar refractivity (Wildman–Crippen MR) is 45.6 cm³/mol. The molecule has 2 N–H and O–H groups in total. The number of pyridine rings is 1. The molecule has 1 atom stereocenters. The number of aliphatic hydroxyl groups is 1. The van der Waals surface area contributed by atoms with E-state index in [9.17, 15) is 5.11 Å². The zero-order chi connectivity index (χ0) is 8.44. The van der Waals surface area contributed by atoms with Gasteiger partial charge in [-0.1, -0.05) is 6.07 Å². The van der Waals surface area contributed by atoms with Crippen LogP contribution < -0.4 is 5.32 Å². The molecule has 0 amide bonds.